The smallest absolute Gasteiger partial charge is 0.255 e. The van der Waals surface area contributed by atoms with Crippen LogP contribution < -0.4 is 5.56 Å². The Bertz CT molecular complexity index is 826. The summed E-state index contributed by atoms with van der Waals surface area (Å²) in [4.78, 5) is 14.3. The Morgan fingerprint density at radius 2 is 1.89 bits per heavy atom. The number of aromatic amines is 1. The van der Waals surface area contributed by atoms with Crippen LogP contribution in [0.1, 0.15) is 0 Å². The molecule has 0 bridgehead atoms. The standard InChI is InChI=1S/C15H9ClFNO/c16-11-3-4-12(14(17)8-11)10-2-1-9-5-6-18-15(19)13(9)7-10/h1-8H,(H,18,19). The van der Waals surface area contributed by atoms with E-state index in [4.69, 9.17) is 11.6 Å². The summed E-state index contributed by atoms with van der Waals surface area (Å²) in [7, 11) is 0. The second kappa shape index (κ2) is 4.52. The number of hydrogen-bond acceptors (Lipinski definition) is 1. The van der Waals surface area contributed by atoms with E-state index >= 15 is 0 Å². The van der Waals surface area contributed by atoms with Gasteiger partial charge in [-0.3, -0.25) is 4.79 Å². The topological polar surface area (TPSA) is 32.9 Å². The van der Waals surface area contributed by atoms with Crippen molar-refractivity contribution in [3.63, 3.8) is 0 Å². The minimum Gasteiger partial charge on any atom is -0.329 e. The van der Waals surface area contributed by atoms with E-state index in [2.05, 4.69) is 4.98 Å². The van der Waals surface area contributed by atoms with Crippen molar-refractivity contribution < 1.29 is 4.39 Å². The maximum atomic E-state index is 13.9. The molecular weight excluding hydrogens is 265 g/mol. The molecule has 1 N–H and O–H groups in total. The van der Waals surface area contributed by atoms with Crippen molar-refractivity contribution in [2.24, 2.45) is 0 Å². The van der Waals surface area contributed by atoms with Crippen molar-refractivity contribution in [2.75, 3.05) is 0 Å². The van der Waals surface area contributed by atoms with Crippen molar-refractivity contribution in [2.45, 2.75) is 0 Å². The first-order chi connectivity index (χ1) is 9.15. The summed E-state index contributed by atoms with van der Waals surface area (Å²) in [6.07, 6.45) is 1.59. The Hall–Kier alpha value is -2.13. The van der Waals surface area contributed by atoms with E-state index in [1.54, 1.807) is 42.6 Å². The maximum Gasteiger partial charge on any atom is 0.255 e. The number of benzene rings is 2. The van der Waals surface area contributed by atoms with E-state index in [-0.39, 0.29) is 5.56 Å². The molecule has 1 heterocycles. The molecule has 0 aliphatic heterocycles. The van der Waals surface area contributed by atoms with Crippen molar-refractivity contribution in [3.05, 3.63) is 69.9 Å². The van der Waals surface area contributed by atoms with Gasteiger partial charge in [0.2, 0.25) is 0 Å². The quantitative estimate of drug-likeness (QED) is 0.714. The summed E-state index contributed by atoms with van der Waals surface area (Å²) in [6, 6.07) is 11.6. The predicted molar refractivity (Wildman–Crippen MR) is 75.0 cm³/mol. The van der Waals surface area contributed by atoms with Crippen LogP contribution in [-0.4, -0.2) is 4.98 Å². The fraction of sp³-hybridized carbons (Fsp3) is 0. The number of aromatic nitrogens is 1. The van der Waals surface area contributed by atoms with Crippen molar-refractivity contribution in [3.8, 4) is 11.1 Å². The number of nitrogens with one attached hydrogen (secondary N) is 1. The number of fused-ring (bicyclic) bond motifs is 1. The molecule has 0 unspecified atom stereocenters. The lowest BCUT2D eigenvalue weighted by molar-refractivity contribution is 0.631. The molecular formula is C15H9ClFNO. The van der Waals surface area contributed by atoms with Gasteiger partial charge in [0, 0.05) is 22.2 Å². The Labute approximate surface area is 113 Å². The highest BCUT2D eigenvalue weighted by Crippen LogP contribution is 2.27. The molecule has 2 aromatic carbocycles. The second-order valence-electron chi connectivity index (χ2n) is 4.23. The zero-order valence-electron chi connectivity index (χ0n) is 9.78. The van der Waals surface area contributed by atoms with E-state index in [1.165, 1.54) is 6.07 Å². The molecule has 19 heavy (non-hydrogen) atoms. The highest BCUT2D eigenvalue weighted by Gasteiger charge is 2.07. The van der Waals surface area contributed by atoms with Crippen LogP contribution in [0.5, 0.6) is 0 Å². The second-order valence-corrected chi connectivity index (χ2v) is 4.67. The van der Waals surface area contributed by atoms with Crippen LogP contribution in [-0.2, 0) is 0 Å². The van der Waals surface area contributed by atoms with Gasteiger partial charge in [0.25, 0.3) is 5.56 Å². The first-order valence-corrected chi connectivity index (χ1v) is 6.10. The third-order valence-corrected chi connectivity index (χ3v) is 3.25. The number of halogens is 2. The lowest BCUT2D eigenvalue weighted by atomic mass is 10.0. The summed E-state index contributed by atoms with van der Waals surface area (Å²) < 4.78 is 13.9. The number of hydrogen-bond donors (Lipinski definition) is 1. The lowest BCUT2D eigenvalue weighted by Crippen LogP contribution is -2.04. The highest BCUT2D eigenvalue weighted by atomic mass is 35.5. The molecule has 0 aliphatic rings. The number of H-pyrrole nitrogens is 1. The molecule has 0 radical (unpaired) electrons. The number of rotatable bonds is 1. The fourth-order valence-electron chi connectivity index (χ4n) is 2.07. The zero-order valence-corrected chi connectivity index (χ0v) is 10.5. The van der Waals surface area contributed by atoms with Crippen molar-refractivity contribution in [1.29, 1.82) is 0 Å². The molecule has 0 amide bonds. The minimum atomic E-state index is -0.404. The summed E-state index contributed by atoms with van der Waals surface area (Å²) >= 11 is 5.73. The van der Waals surface area contributed by atoms with Gasteiger partial charge in [-0.15, -0.1) is 0 Å². The molecule has 0 saturated carbocycles. The van der Waals surface area contributed by atoms with Crippen LogP contribution in [0, 0.1) is 5.82 Å². The van der Waals surface area contributed by atoms with E-state index in [0.717, 1.165) is 5.39 Å². The average molecular weight is 274 g/mol. The Morgan fingerprint density at radius 1 is 1.05 bits per heavy atom. The first kappa shape index (κ1) is 11.9. The molecule has 3 rings (SSSR count). The summed E-state index contributed by atoms with van der Waals surface area (Å²) in [5.41, 5.74) is 0.890. The van der Waals surface area contributed by atoms with E-state index in [1.807, 2.05) is 0 Å². The third kappa shape index (κ3) is 2.13. The van der Waals surface area contributed by atoms with Gasteiger partial charge in [-0.05, 0) is 41.3 Å². The molecule has 94 valence electrons. The van der Waals surface area contributed by atoms with Gasteiger partial charge < -0.3 is 4.98 Å². The molecule has 3 aromatic rings. The molecule has 0 fully saturated rings. The van der Waals surface area contributed by atoms with Crippen LogP contribution in [0.4, 0.5) is 4.39 Å². The monoisotopic (exact) mass is 273 g/mol. The molecule has 0 aliphatic carbocycles. The number of pyridine rings is 1. The van der Waals surface area contributed by atoms with Crippen LogP contribution in [0.2, 0.25) is 5.02 Å². The minimum absolute atomic E-state index is 0.186. The van der Waals surface area contributed by atoms with E-state index < -0.39 is 5.82 Å². The van der Waals surface area contributed by atoms with Gasteiger partial charge in [0.1, 0.15) is 5.82 Å². The third-order valence-electron chi connectivity index (χ3n) is 3.02. The van der Waals surface area contributed by atoms with Crippen LogP contribution >= 0.6 is 11.6 Å². The average Bonchev–Trinajstić information content (AvgIpc) is 2.39. The molecule has 0 saturated heterocycles. The Morgan fingerprint density at radius 3 is 2.68 bits per heavy atom. The summed E-state index contributed by atoms with van der Waals surface area (Å²) in [6.45, 7) is 0. The molecule has 4 heteroatoms. The molecule has 0 spiro atoms. The van der Waals surface area contributed by atoms with Gasteiger partial charge in [-0.25, -0.2) is 4.39 Å². The zero-order chi connectivity index (χ0) is 13.4. The largest absolute Gasteiger partial charge is 0.329 e. The van der Waals surface area contributed by atoms with E-state index in [0.29, 0.717) is 21.5 Å². The normalized spacial score (nSPS) is 10.8. The van der Waals surface area contributed by atoms with Gasteiger partial charge >= 0.3 is 0 Å². The van der Waals surface area contributed by atoms with Gasteiger partial charge in [-0.1, -0.05) is 23.7 Å². The van der Waals surface area contributed by atoms with E-state index in [9.17, 15) is 9.18 Å². The molecule has 0 atom stereocenters. The molecule has 2 nitrogen and oxygen atoms in total. The maximum absolute atomic E-state index is 13.9. The lowest BCUT2D eigenvalue weighted by Gasteiger charge is -2.05. The first-order valence-electron chi connectivity index (χ1n) is 5.72. The summed E-state index contributed by atoms with van der Waals surface area (Å²) in [5, 5.41) is 1.70. The van der Waals surface area contributed by atoms with Crippen LogP contribution in [0.3, 0.4) is 0 Å². The van der Waals surface area contributed by atoms with Crippen molar-refractivity contribution >= 4 is 22.4 Å². The summed E-state index contributed by atoms with van der Waals surface area (Å²) in [5.74, 6) is -0.404. The highest BCUT2D eigenvalue weighted by molar-refractivity contribution is 6.30. The Kier molecular flexibility index (Phi) is 2.84. The van der Waals surface area contributed by atoms with Crippen LogP contribution in [0.25, 0.3) is 21.9 Å². The van der Waals surface area contributed by atoms with Crippen molar-refractivity contribution in [1.82, 2.24) is 4.98 Å². The SMILES string of the molecule is O=c1[nH]ccc2ccc(-c3ccc(Cl)cc3F)cc12. The fourth-order valence-corrected chi connectivity index (χ4v) is 2.23. The van der Waals surface area contributed by atoms with Crippen LogP contribution in [0.15, 0.2) is 53.5 Å². The molecule has 1 aromatic heterocycles. The van der Waals surface area contributed by atoms with Gasteiger partial charge in [-0.2, -0.15) is 0 Å². The van der Waals surface area contributed by atoms with Gasteiger partial charge in [0.15, 0.2) is 0 Å². The van der Waals surface area contributed by atoms with Gasteiger partial charge in [0.05, 0.1) is 0 Å². The predicted octanol–water partition coefficient (Wildman–Crippen LogP) is 3.99. The Balaban J connectivity index is 2.26.